The molecule has 0 spiro atoms. The number of hydrogen-bond donors (Lipinski definition) is 0. The van der Waals surface area contributed by atoms with Crippen LogP contribution in [0, 0.1) is 20.8 Å². The second-order valence-corrected chi connectivity index (χ2v) is 7.46. The van der Waals surface area contributed by atoms with Crippen molar-refractivity contribution >= 4 is 16.7 Å². The van der Waals surface area contributed by atoms with Crippen LogP contribution >= 0.6 is 0 Å². The second kappa shape index (κ2) is 5.62. The molecule has 1 aromatic heterocycles. The molecule has 0 radical (unpaired) electrons. The predicted octanol–water partition coefficient (Wildman–Crippen LogP) is 6.04. The molecule has 1 heterocycles. The van der Waals surface area contributed by atoms with Crippen molar-refractivity contribution in [3.05, 3.63) is 88.5 Å². The van der Waals surface area contributed by atoms with Crippen LogP contribution < -0.4 is 0 Å². The molecule has 0 amide bonds. The Morgan fingerprint density at radius 1 is 0.741 bits per heavy atom. The lowest BCUT2D eigenvalue weighted by atomic mass is 9.81. The van der Waals surface area contributed by atoms with Crippen molar-refractivity contribution in [3.63, 3.8) is 0 Å². The summed E-state index contributed by atoms with van der Waals surface area (Å²) in [5.41, 5.74) is 9.98. The summed E-state index contributed by atoms with van der Waals surface area (Å²) in [5, 5.41) is 0.970. The summed E-state index contributed by atoms with van der Waals surface area (Å²) >= 11 is 0. The number of rotatable bonds is 1. The fraction of sp³-hybridized carbons (Fsp3) is 0.120. The summed E-state index contributed by atoms with van der Waals surface area (Å²) < 4.78 is 0. The molecule has 27 heavy (non-hydrogen) atoms. The third-order valence-electron chi connectivity index (χ3n) is 5.38. The van der Waals surface area contributed by atoms with Gasteiger partial charge in [0.1, 0.15) is 0 Å². The van der Waals surface area contributed by atoms with Gasteiger partial charge in [-0.1, -0.05) is 47.5 Å². The summed E-state index contributed by atoms with van der Waals surface area (Å²) in [6, 6.07) is 20.5. The molecule has 0 unspecified atom stereocenters. The normalized spacial score (nSPS) is 12.3. The molecule has 0 atom stereocenters. The Kier molecular flexibility index (Phi) is 3.32. The topological polar surface area (TPSA) is 30.0 Å². The number of hydrogen-bond acceptors (Lipinski definition) is 2. The van der Waals surface area contributed by atoms with E-state index < -0.39 is 0 Å². The molecule has 2 heteroatoms. The number of pyridine rings is 1. The molecular weight excluding hydrogens is 330 g/mol. The number of aromatic nitrogens is 1. The standard InChI is InChI=1S/C25H19NO/c1-14-10-15(2)12-17(11-14)22-13-20-24-18(7-5-9-21(24)26-22)23-16(3)6-4-8-19(23)25(20)27/h4-13H,1-3H3. The van der Waals surface area contributed by atoms with Crippen LogP contribution in [0.3, 0.4) is 0 Å². The van der Waals surface area contributed by atoms with E-state index in [0.29, 0.717) is 0 Å². The van der Waals surface area contributed by atoms with Gasteiger partial charge < -0.3 is 0 Å². The molecule has 1 aliphatic rings. The van der Waals surface area contributed by atoms with Gasteiger partial charge in [0, 0.05) is 22.1 Å². The zero-order chi connectivity index (χ0) is 18.7. The highest BCUT2D eigenvalue weighted by atomic mass is 16.1. The van der Waals surface area contributed by atoms with E-state index in [1.165, 1.54) is 11.1 Å². The van der Waals surface area contributed by atoms with Gasteiger partial charge in [-0.15, -0.1) is 0 Å². The Balaban J connectivity index is 1.87. The van der Waals surface area contributed by atoms with E-state index in [4.69, 9.17) is 4.98 Å². The van der Waals surface area contributed by atoms with Gasteiger partial charge in [0.2, 0.25) is 0 Å². The second-order valence-electron chi connectivity index (χ2n) is 7.46. The van der Waals surface area contributed by atoms with Gasteiger partial charge in [0.05, 0.1) is 11.2 Å². The Labute approximate surface area is 158 Å². The minimum Gasteiger partial charge on any atom is -0.289 e. The van der Waals surface area contributed by atoms with Crippen LogP contribution in [0.15, 0.2) is 60.7 Å². The number of carbonyl (C=O) groups is 1. The van der Waals surface area contributed by atoms with E-state index in [0.717, 1.165) is 50.0 Å². The quantitative estimate of drug-likeness (QED) is 0.369. The molecular formula is C25H19NO. The van der Waals surface area contributed by atoms with Crippen molar-refractivity contribution in [1.82, 2.24) is 4.98 Å². The maximum absolute atomic E-state index is 13.3. The average molecular weight is 349 g/mol. The molecule has 0 saturated heterocycles. The molecule has 5 rings (SSSR count). The monoisotopic (exact) mass is 349 g/mol. The van der Waals surface area contributed by atoms with E-state index in [2.05, 4.69) is 51.1 Å². The Morgan fingerprint density at radius 2 is 1.44 bits per heavy atom. The van der Waals surface area contributed by atoms with Gasteiger partial charge >= 0.3 is 0 Å². The SMILES string of the molecule is Cc1cc(C)cc(-c2cc3c4c(cccc4n2)-c2c(C)cccc2C3=O)c1. The summed E-state index contributed by atoms with van der Waals surface area (Å²) in [6.45, 7) is 6.24. The number of fused-ring (bicyclic) bond motifs is 2. The highest BCUT2D eigenvalue weighted by Gasteiger charge is 2.27. The van der Waals surface area contributed by atoms with Crippen molar-refractivity contribution in [2.45, 2.75) is 20.8 Å². The van der Waals surface area contributed by atoms with Gasteiger partial charge in [-0.2, -0.15) is 0 Å². The van der Waals surface area contributed by atoms with Crippen molar-refractivity contribution in [2.24, 2.45) is 0 Å². The summed E-state index contributed by atoms with van der Waals surface area (Å²) in [7, 11) is 0. The lowest BCUT2D eigenvalue weighted by Crippen LogP contribution is -2.12. The van der Waals surface area contributed by atoms with Crippen LogP contribution in [0.1, 0.15) is 32.6 Å². The Bertz CT molecular complexity index is 1250. The zero-order valence-electron chi connectivity index (χ0n) is 15.6. The maximum Gasteiger partial charge on any atom is 0.194 e. The zero-order valence-corrected chi connectivity index (χ0v) is 15.6. The van der Waals surface area contributed by atoms with Gasteiger partial charge in [-0.25, -0.2) is 4.98 Å². The fourth-order valence-electron chi connectivity index (χ4n) is 4.30. The maximum atomic E-state index is 13.3. The molecule has 1 aliphatic carbocycles. The van der Waals surface area contributed by atoms with Crippen molar-refractivity contribution in [3.8, 4) is 22.4 Å². The molecule has 0 bridgehead atoms. The molecule has 3 aromatic carbocycles. The minimum absolute atomic E-state index is 0.0884. The van der Waals surface area contributed by atoms with Gasteiger partial charge in [0.15, 0.2) is 5.78 Å². The van der Waals surface area contributed by atoms with E-state index in [1.54, 1.807) is 0 Å². The Hall–Kier alpha value is -3.26. The molecule has 0 aliphatic heterocycles. The molecule has 4 aromatic rings. The van der Waals surface area contributed by atoms with Crippen LogP contribution in [0.2, 0.25) is 0 Å². The molecule has 0 saturated carbocycles. The van der Waals surface area contributed by atoms with Crippen molar-refractivity contribution in [2.75, 3.05) is 0 Å². The average Bonchev–Trinajstić information content (AvgIpc) is 2.64. The van der Waals surface area contributed by atoms with E-state index in [1.807, 2.05) is 30.3 Å². The number of aryl methyl sites for hydroxylation is 3. The summed E-state index contributed by atoms with van der Waals surface area (Å²) in [6.07, 6.45) is 0. The summed E-state index contributed by atoms with van der Waals surface area (Å²) in [5.74, 6) is 0.0884. The molecule has 130 valence electrons. The first kappa shape index (κ1) is 16.0. The number of carbonyl (C=O) groups excluding carboxylic acids is 1. The lowest BCUT2D eigenvalue weighted by Gasteiger charge is -2.22. The molecule has 0 N–H and O–H groups in total. The van der Waals surface area contributed by atoms with Gasteiger partial charge in [-0.3, -0.25) is 4.79 Å². The highest BCUT2D eigenvalue weighted by Crippen LogP contribution is 2.41. The molecule has 0 fully saturated rings. The largest absolute Gasteiger partial charge is 0.289 e. The van der Waals surface area contributed by atoms with Crippen molar-refractivity contribution < 1.29 is 4.79 Å². The van der Waals surface area contributed by atoms with Gasteiger partial charge in [-0.05, 0) is 61.7 Å². The van der Waals surface area contributed by atoms with E-state index in [9.17, 15) is 4.79 Å². The highest BCUT2D eigenvalue weighted by molar-refractivity contribution is 6.26. The first-order valence-electron chi connectivity index (χ1n) is 9.20. The van der Waals surface area contributed by atoms with Gasteiger partial charge in [0.25, 0.3) is 0 Å². The van der Waals surface area contributed by atoms with Crippen LogP contribution in [0.4, 0.5) is 0 Å². The number of ketones is 1. The number of benzene rings is 3. The predicted molar refractivity (Wildman–Crippen MR) is 110 cm³/mol. The molecule has 2 nitrogen and oxygen atoms in total. The third-order valence-corrected chi connectivity index (χ3v) is 5.38. The van der Waals surface area contributed by atoms with Crippen molar-refractivity contribution in [1.29, 1.82) is 0 Å². The summed E-state index contributed by atoms with van der Waals surface area (Å²) in [4.78, 5) is 18.3. The Morgan fingerprint density at radius 3 is 2.22 bits per heavy atom. The first-order valence-corrected chi connectivity index (χ1v) is 9.20. The van der Waals surface area contributed by atoms with Crippen LogP contribution in [-0.2, 0) is 0 Å². The van der Waals surface area contributed by atoms with Crippen LogP contribution in [-0.4, -0.2) is 10.8 Å². The first-order chi connectivity index (χ1) is 13.0. The van der Waals surface area contributed by atoms with Crippen LogP contribution in [0.5, 0.6) is 0 Å². The minimum atomic E-state index is 0.0884. The third kappa shape index (κ3) is 2.33. The lowest BCUT2D eigenvalue weighted by molar-refractivity contribution is 0.104. The number of nitrogens with zero attached hydrogens (tertiary/aromatic N) is 1. The smallest absolute Gasteiger partial charge is 0.194 e. The van der Waals surface area contributed by atoms with Crippen LogP contribution in [0.25, 0.3) is 33.3 Å². The fourth-order valence-corrected chi connectivity index (χ4v) is 4.30. The van der Waals surface area contributed by atoms with E-state index in [-0.39, 0.29) is 5.78 Å². The van der Waals surface area contributed by atoms with E-state index >= 15 is 0 Å².